The van der Waals surface area contributed by atoms with Gasteiger partial charge in [0.1, 0.15) is 0 Å². The standard InChI is InChI=1S/C11H11F5O2/c1-17-4-5-18-3-2-6-7(12)9(14)11(16)10(15)8(6)13/h2-5H2,1H3. The second kappa shape index (κ2) is 6.65. The summed E-state index contributed by atoms with van der Waals surface area (Å²) in [6.07, 6.45) is -0.407. The Morgan fingerprint density at radius 1 is 0.722 bits per heavy atom. The van der Waals surface area contributed by atoms with Crippen LogP contribution in [0.25, 0.3) is 0 Å². The van der Waals surface area contributed by atoms with Gasteiger partial charge in [-0.25, -0.2) is 22.0 Å². The number of hydrogen-bond acceptors (Lipinski definition) is 2. The molecule has 0 saturated carbocycles. The third kappa shape index (κ3) is 3.17. The maximum absolute atomic E-state index is 13.2. The molecular weight excluding hydrogens is 259 g/mol. The second-order valence-corrected chi connectivity index (χ2v) is 3.40. The van der Waals surface area contributed by atoms with E-state index in [1.165, 1.54) is 7.11 Å². The molecule has 0 spiro atoms. The maximum atomic E-state index is 13.2. The lowest BCUT2D eigenvalue weighted by atomic mass is 10.1. The average Bonchev–Trinajstić information content (AvgIpc) is 2.37. The minimum Gasteiger partial charge on any atom is -0.382 e. The first kappa shape index (κ1) is 14.8. The zero-order valence-corrected chi connectivity index (χ0v) is 9.53. The lowest BCUT2D eigenvalue weighted by Gasteiger charge is -2.08. The number of ether oxygens (including phenoxy) is 2. The maximum Gasteiger partial charge on any atom is 0.200 e. The van der Waals surface area contributed by atoms with Crippen LogP contribution in [0.2, 0.25) is 0 Å². The predicted molar refractivity (Wildman–Crippen MR) is 52.6 cm³/mol. The van der Waals surface area contributed by atoms with E-state index in [-0.39, 0.29) is 19.8 Å². The molecular formula is C11H11F5O2. The Bertz CT molecular complexity index is 393. The molecule has 18 heavy (non-hydrogen) atoms. The first-order chi connectivity index (χ1) is 8.50. The fourth-order valence-corrected chi connectivity index (χ4v) is 1.29. The van der Waals surface area contributed by atoms with Gasteiger partial charge < -0.3 is 9.47 Å². The molecule has 1 aromatic carbocycles. The SMILES string of the molecule is COCCOCCc1c(F)c(F)c(F)c(F)c1F. The van der Waals surface area contributed by atoms with E-state index in [1.54, 1.807) is 0 Å². The molecule has 0 atom stereocenters. The summed E-state index contributed by atoms with van der Waals surface area (Å²) in [5.41, 5.74) is -0.871. The van der Waals surface area contributed by atoms with Crippen LogP contribution in [-0.4, -0.2) is 26.9 Å². The van der Waals surface area contributed by atoms with Crippen LogP contribution in [0.1, 0.15) is 5.56 Å². The molecule has 0 aliphatic rings. The molecule has 0 aliphatic carbocycles. The van der Waals surface area contributed by atoms with E-state index in [2.05, 4.69) is 4.74 Å². The highest BCUT2D eigenvalue weighted by Gasteiger charge is 2.25. The largest absolute Gasteiger partial charge is 0.382 e. The van der Waals surface area contributed by atoms with Gasteiger partial charge in [-0.3, -0.25) is 0 Å². The Morgan fingerprint density at radius 3 is 1.72 bits per heavy atom. The first-order valence-electron chi connectivity index (χ1n) is 5.07. The summed E-state index contributed by atoms with van der Waals surface area (Å²) in [5.74, 6) is -9.68. The number of hydrogen-bond donors (Lipinski definition) is 0. The molecule has 2 nitrogen and oxygen atoms in total. The van der Waals surface area contributed by atoms with Crippen LogP contribution in [0.4, 0.5) is 22.0 Å². The number of rotatable bonds is 6. The van der Waals surface area contributed by atoms with Crippen molar-refractivity contribution in [3.63, 3.8) is 0 Å². The highest BCUT2D eigenvalue weighted by atomic mass is 19.2. The zero-order valence-electron chi connectivity index (χ0n) is 9.53. The number of methoxy groups -OCH3 is 1. The van der Waals surface area contributed by atoms with Crippen LogP contribution in [0, 0.1) is 29.1 Å². The monoisotopic (exact) mass is 270 g/mol. The van der Waals surface area contributed by atoms with E-state index in [9.17, 15) is 22.0 Å². The summed E-state index contributed by atoms with van der Waals surface area (Å²) in [4.78, 5) is 0. The number of benzene rings is 1. The molecule has 0 saturated heterocycles. The van der Waals surface area contributed by atoms with Gasteiger partial charge in [-0.15, -0.1) is 0 Å². The van der Waals surface area contributed by atoms with Crippen molar-refractivity contribution in [2.24, 2.45) is 0 Å². The Labute approximate surface area is 100 Å². The summed E-state index contributed by atoms with van der Waals surface area (Å²) in [6, 6.07) is 0. The molecule has 1 aromatic rings. The van der Waals surface area contributed by atoms with E-state index in [1.807, 2.05) is 0 Å². The van der Waals surface area contributed by atoms with Gasteiger partial charge in [-0.05, 0) is 0 Å². The molecule has 0 bridgehead atoms. The number of halogens is 5. The molecule has 0 aliphatic heterocycles. The molecule has 7 heteroatoms. The van der Waals surface area contributed by atoms with Crippen molar-refractivity contribution in [3.05, 3.63) is 34.6 Å². The van der Waals surface area contributed by atoms with Crippen molar-refractivity contribution < 1.29 is 31.4 Å². The summed E-state index contributed by atoms with van der Waals surface area (Å²) in [5, 5.41) is 0. The van der Waals surface area contributed by atoms with E-state index in [0.29, 0.717) is 0 Å². The van der Waals surface area contributed by atoms with Gasteiger partial charge in [0, 0.05) is 19.1 Å². The summed E-state index contributed by atoms with van der Waals surface area (Å²) in [6.45, 7) is 0.282. The Kier molecular flexibility index (Phi) is 5.49. The highest BCUT2D eigenvalue weighted by molar-refractivity contribution is 5.24. The normalized spacial score (nSPS) is 11.0. The van der Waals surface area contributed by atoms with Crippen molar-refractivity contribution >= 4 is 0 Å². The molecule has 0 radical (unpaired) electrons. The lowest BCUT2D eigenvalue weighted by Crippen LogP contribution is -2.11. The van der Waals surface area contributed by atoms with Crippen LogP contribution < -0.4 is 0 Å². The van der Waals surface area contributed by atoms with Gasteiger partial charge in [-0.2, -0.15) is 0 Å². The van der Waals surface area contributed by atoms with Gasteiger partial charge >= 0.3 is 0 Å². The predicted octanol–water partition coefficient (Wildman–Crippen LogP) is 2.59. The molecule has 102 valence electrons. The first-order valence-corrected chi connectivity index (χ1v) is 5.07. The fraction of sp³-hybridized carbons (Fsp3) is 0.455. The fourth-order valence-electron chi connectivity index (χ4n) is 1.29. The van der Waals surface area contributed by atoms with Crippen molar-refractivity contribution in [3.8, 4) is 0 Å². The third-order valence-electron chi connectivity index (χ3n) is 2.23. The molecule has 1 rings (SSSR count). The van der Waals surface area contributed by atoms with Crippen LogP contribution in [0.5, 0.6) is 0 Å². The smallest absolute Gasteiger partial charge is 0.200 e. The van der Waals surface area contributed by atoms with Gasteiger partial charge in [0.15, 0.2) is 23.3 Å². The average molecular weight is 270 g/mol. The van der Waals surface area contributed by atoms with Crippen LogP contribution in [0.3, 0.4) is 0 Å². The van der Waals surface area contributed by atoms with Gasteiger partial charge in [-0.1, -0.05) is 0 Å². The van der Waals surface area contributed by atoms with Crippen LogP contribution in [-0.2, 0) is 15.9 Å². The summed E-state index contributed by atoms with van der Waals surface area (Å²) < 4.78 is 74.2. The Balaban J connectivity index is 2.77. The molecule has 0 aromatic heterocycles. The summed E-state index contributed by atoms with van der Waals surface area (Å²) >= 11 is 0. The van der Waals surface area contributed by atoms with Crippen molar-refractivity contribution in [2.45, 2.75) is 6.42 Å². The van der Waals surface area contributed by atoms with Crippen molar-refractivity contribution in [1.29, 1.82) is 0 Å². The topological polar surface area (TPSA) is 18.5 Å². The van der Waals surface area contributed by atoms with Crippen LogP contribution >= 0.6 is 0 Å². The third-order valence-corrected chi connectivity index (χ3v) is 2.23. The molecule has 0 heterocycles. The van der Waals surface area contributed by atoms with Crippen molar-refractivity contribution in [1.82, 2.24) is 0 Å². The highest BCUT2D eigenvalue weighted by Crippen LogP contribution is 2.23. The van der Waals surface area contributed by atoms with E-state index in [0.717, 1.165) is 0 Å². The van der Waals surface area contributed by atoms with E-state index >= 15 is 0 Å². The van der Waals surface area contributed by atoms with E-state index in [4.69, 9.17) is 4.74 Å². The van der Waals surface area contributed by atoms with Gasteiger partial charge in [0.05, 0.1) is 19.8 Å². The summed E-state index contributed by atoms with van der Waals surface area (Å²) in [7, 11) is 1.44. The minimum atomic E-state index is -2.16. The molecule has 0 unspecified atom stereocenters. The minimum absolute atomic E-state index is 0.165. The van der Waals surface area contributed by atoms with Crippen molar-refractivity contribution in [2.75, 3.05) is 26.9 Å². The Hall–Kier alpha value is -1.21. The molecule has 0 N–H and O–H groups in total. The zero-order chi connectivity index (χ0) is 13.7. The molecule has 0 amide bonds. The van der Waals surface area contributed by atoms with Gasteiger partial charge in [0.25, 0.3) is 0 Å². The molecule has 0 fully saturated rings. The Morgan fingerprint density at radius 2 is 1.22 bits per heavy atom. The lowest BCUT2D eigenvalue weighted by molar-refractivity contribution is 0.0715. The second-order valence-electron chi connectivity index (χ2n) is 3.40. The van der Waals surface area contributed by atoms with Crippen LogP contribution in [0.15, 0.2) is 0 Å². The van der Waals surface area contributed by atoms with E-state index < -0.39 is 41.1 Å². The quantitative estimate of drug-likeness (QED) is 0.342. The van der Waals surface area contributed by atoms with Gasteiger partial charge in [0.2, 0.25) is 5.82 Å².